The molecule has 2 nitrogen and oxygen atoms in total. The number of amidine groups is 1. The number of hydrogen-bond acceptors (Lipinski definition) is 1. The summed E-state index contributed by atoms with van der Waals surface area (Å²) in [5.74, 6) is 0.442. The highest BCUT2D eigenvalue weighted by Crippen LogP contribution is 2.31. The lowest BCUT2D eigenvalue weighted by Gasteiger charge is -1.99. The van der Waals surface area contributed by atoms with Crippen LogP contribution in [0.15, 0.2) is 23.2 Å². The van der Waals surface area contributed by atoms with E-state index in [9.17, 15) is 4.39 Å². The van der Waals surface area contributed by atoms with Crippen LogP contribution in [0.25, 0.3) is 0 Å². The van der Waals surface area contributed by atoms with Crippen molar-refractivity contribution in [1.82, 2.24) is 0 Å². The van der Waals surface area contributed by atoms with Crippen LogP contribution in [0.4, 0.5) is 10.1 Å². The number of nitrogens with zero attached hydrogens (tertiary/aromatic N) is 1. The number of aliphatic imine (C=N–C) groups is 1. The first-order valence-electron chi connectivity index (χ1n) is 4.46. The van der Waals surface area contributed by atoms with Crippen LogP contribution in [0.1, 0.15) is 12.8 Å². The highest BCUT2D eigenvalue weighted by Gasteiger charge is 2.25. The van der Waals surface area contributed by atoms with Gasteiger partial charge >= 0.3 is 0 Å². The second kappa shape index (κ2) is 3.58. The van der Waals surface area contributed by atoms with E-state index < -0.39 is 5.82 Å². The summed E-state index contributed by atoms with van der Waals surface area (Å²) in [5.41, 5.74) is 5.93. The third-order valence-electron chi connectivity index (χ3n) is 2.15. The van der Waals surface area contributed by atoms with Crippen LogP contribution >= 0.6 is 11.6 Å². The van der Waals surface area contributed by atoms with Crippen LogP contribution < -0.4 is 5.73 Å². The lowest BCUT2D eigenvalue weighted by Crippen LogP contribution is -2.13. The zero-order chi connectivity index (χ0) is 10.1. The Hall–Kier alpha value is -1.09. The maximum absolute atomic E-state index is 13.2. The van der Waals surface area contributed by atoms with Crippen molar-refractivity contribution in [3.63, 3.8) is 0 Å². The smallest absolute Gasteiger partial charge is 0.150 e. The Kier molecular flexibility index (Phi) is 2.42. The fraction of sp³-hybridized carbons (Fsp3) is 0.300. The second-order valence-electron chi connectivity index (χ2n) is 3.41. The van der Waals surface area contributed by atoms with Gasteiger partial charge in [-0.15, -0.1) is 0 Å². The van der Waals surface area contributed by atoms with Gasteiger partial charge in [0.25, 0.3) is 0 Å². The SMILES string of the molecule is NC(=Nc1ccc(Cl)cc1F)C1CC1. The molecule has 14 heavy (non-hydrogen) atoms. The predicted molar refractivity (Wildman–Crippen MR) is 55.4 cm³/mol. The van der Waals surface area contributed by atoms with E-state index in [4.69, 9.17) is 17.3 Å². The first kappa shape index (κ1) is 9.46. The maximum atomic E-state index is 13.2. The average molecular weight is 213 g/mol. The zero-order valence-electron chi connectivity index (χ0n) is 7.50. The van der Waals surface area contributed by atoms with Gasteiger partial charge in [0.1, 0.15) is 17.3 Å². The maximum Gasteiger partial charge on any atom is 0.150 e. The molecule has 1 saturated carbocycles. The lowest BCUT2D eigenvalue weighted by molar-refractivity contribution is 0.630. The fourth-order valence-corrected chi connectivity index (χ4v) is 1.34. The Morgan fingerprint density at radius 1 is 1.50 bits per heavy atom. The topological polar surface area (TPSA) is 38.4 Å². The second-order valence-corrected chi connectivity index (χ2v) is 3.84. The minimum absolute atomic E-state index is 0.263. The minimum Gasteiger partial charge on any atom is -0.387 e. The van der Waals surface area contributed by atoms with Crippen LogP contribution in [0, 0.1) is 11.7 Å². The molecule has 0 atom stereocenters. The van der Waals surface area contributed by atoms with Gasteiger partial charge < -0.3 is 5.73 Å². The summed E-state index contributed by atoms with van der Waals surface area (Å²) in [4.78, 5) is 4.02. The van der Waals surface area contributed by atoms with Gasteiger partial charge in [-0.05, 0) is 31.0 Å². The predicted octanol–water partition coefficient (Wildman–Crippen LogP) is 2.88. The zero-order valence-corrected chi connectivity index (χ0v) is 8.26. The largest absolute Gasteiger partial charge is 0.387 e. The van der Waals surface area contributed by atoms with Gasteiger partial charge in [-0.2, -0.15) is 0 Å². The number of rotatable bonds is 2. The Morgan fingerprint density at radius 3 is 2.79 bits per heavy atom. The lowest BCUT2D eigenvalue weighted by atomic mass is 10.3. The molecule has 0 unspecified atom stereocenters. The van der Waals surface area contributed by atoms with Gasteiger partial charge in [-0.25, -0.2) is 9.38 Å². The van der Waals surface area contributed by atoms with Gasteiger partial charge in [-0.1, -0.05) is 11.6 Å². The van der Waals surface area contributed by atoms with Crippen LogP contribution in [-0.2, 0) is 0 Å². The molecule has 2 rings (SSSR count). The van der Waals surface area contributed by atoms with Crippen molar-refractivity contribution < 1.29 is 4.39 Å². The Balaban J connectivity index is 2.27. The molecule has 0 heterocycles. The van der Waals surface area contributed by atoms with Gasteiger partial charge in [-0.3, -0.25) is 0 Å². The Labute approximate surface area is 86.6 Å². The molecule has 74 valence electrons. The van der Waals surface area contributed by atoms with E-state index in [1.54, 1.807) is 6.07 Å². The molecule has 0 aromatic heterocycles. The van der Waals surface area contributed by atoms with E-state index >= 15 is 0 Å². The molecule has 0 radical (unpaired) electrons. The quantitative estimate of drug-likeness (QED) is 0.594. The monoisotopic (exact) mass is 212 g/mol. The van der Waals surface area contributed by atoms with E-state index in [0.717, 1.165) is 12.8 Å². The summed E-state index contributed by atoms with van der Waals surface area (Å²) in [7, 11) is 0. The van der Waals surface area contributed by atoms with Crippen LogP contribution in [0.3, 0.4) is 0 Å². The van der Waals surface area contributed by atoms with E-state index in [0.29, 0.717) is 16.8 Å². The normalized spacial score (nSPS) is 17.1. The van der Waals surface area contributed by atoms with Crippen LogP contribution in [0.2, 0.25) is 5.02 Å². The Morgan fingerprint density at radius 2 is 2.21 bits per heavy atom. The van der Waals surface area contributed by atoms with Crippen molar-refractivity contribution in [2.45, 2.75) is 12.8 Å². The summed E-state index contributed by atoms with van der Waals surface area (Å²) < 4.78 is 13.2. The molecule has 1 aromatic carbocycles. The van der Waals surface area contributed by atoms with Gasteiger partial charge in [0.05, 0.1) is 0 Å². The highest BCUT2D eigenvalue weighted by molar-refractivity contribution is 6.30. The summed E-state index contributed by atoms with van der Waals surface area (Å²) in [5, 5.41) is 0.367. The molecule has 0 aliphatic heterocycles. The van der Waals surface area contributed by atoms with E-state index in [-0.39, 0.29) is 5.69 Å². The van der Waals surface area contributed by atoms with Crippen molar-refractivity contribution in [3.05, 3.63) is 29.0 Å². The minimum atomic E-state index is -0.430. The molecule has 4 heteroatoms. The van der Waals surface area contributed by atoms with Crippen LogP contribution in [0.5, 0.6) is 0 Å². The van der Waals surface area contributed by atoms with E-state index in [1.807, 2.05) is 0 Å². The van der Waals surface area contributed by atoms with Crippen molar-refractivity contribution in [1.29, 1.82) is 0 Å². The molecule has 0 spiro atoms. The summed E-state index contributed by atoms with van der Waals surface area (Å²) in [6, 6.07) is 4.37. The number of nitrogens with two attached hydrogens (primary N) is 1. The van der Waals surface area contributed by atoms with Gasteiger partial charge in [0.2, 0.25) is 0 Å². The fourth-order valence-electron chi connectivity index (χ4n) is 1.18. The number of halogens is 2. The van der Waals surface area contributed by atoms with E-state index in [2.05, 4.69) is 4.99 Å². The molecule has 2 N–H and O–H groups in total. The van der Waals surface area contributed by atoms with Crippen molar-refractivity contribution in [2.24, 2.45) is 16.6 Å². The highest BCUT2D eigenvalue weighted by atomic mass is 35.5. The molecule has 1 aliphatic rings. The van der Waals surface area contributed by atoms with Crippen LogP contribution in [-0.4, -0.2) is 5.84 Å². The third kappa shape index (κ3) is 2.04. The van der Waals surface area contributed by atoms with E-state index in [1.165, 1.54) is 12.1 Å². The van der Waals surface area contributed by atoms with Gasteiger partial charge in [0.15, 0.2) is 0 Å². The molecule has 0 saturated heterocycles. The van der Waals surface area contributed by atoms with Crippen molar-refractivity contribution >= 4 is 23.1 Å². The molecule has 0 amide bonds. The van der Waals surface area contributed by atoms with Crippen molar-refractivity contribution in [3.8, 4) is 0 Å². The first-order chi connectivity index (χ1) is 6.66. The molecule has 1 aliphatic carbocycles. The third-order valence-corrected chi connectivity index (χ3v) is 2.39. The summed E-state index contributed by atoms with van der Waals surface area (Å²) >= 11 is 5.61. The molecular formula is C10H10ClFN2. The number of benzene rings is 1. The molecule has 1 aromatic rings. The molecular weight excluding hydrogens is 203 g/mol. The average Bonchev–Trinajstić information content (AvgIpc) is 2.92. The summed E-state index contributed by atoms with van der Waals surface area (Å²) in [6.45, 7) is 0. The number of hydrogen-bond donors (Lipinski definition) is 1. The Bertz CT molecular complexity index is 386. The standard InChI is InChI=1S/C10H10ClFN2/c11-7-3-4-9(8(12)5-7)14-10(13)6-1-2-6/h3-6H,1-2H2,(H2,13,14). The van der Waals surface area contributed by atoms with Gasteiger partial charge in [0, 0.05) is 10.9 Å². The molecule has 0 bridgehead atoms. The first-order valence-corrected chi connectivity index (χ1v) is 4.84. The van der Waals surface area contributed by atoms with Crippen molar-refractivity contribution in [2.75, 3.05) is 0 Å². The molecule has 1 fully saturated rings. The summed E-state index contributed by atoms with van der Waals surface area (Å²) in [6.07, 6.45) is 2.12.